The Balaban J connectivity index is 2.17. The van der Waals surface area contributed by atoms with Crippen molar-refractivity contribution in [3.05, 3.63) is 47.0 Å². The van der Waals surface area contributed by atoms with E-state index < -0.39 is 0 Å². The Morgan fingerprint density at radius 1 is 1.12 bits per heavy atom. The van der Waals surface area contributed by atoms with Crippen molar-refractivity contribution in [3.63, 3.8) is 0 Å². The topological polar surface area (TPSA) is 46.2 Å². The number of benzene rings is 1. The zero-order valence-corrected chi connectivity index (χ0v) is 9.99. The third kappa shape index (κ3) is 2.28. The minimum Gasteiger partial charge on any atom is -0.289 e. The predicted octanol–water partition coefficient (Wildman–Crippen LogP) is 2.15. The van der Waals surface area contributed by atoms with Crippen molar-refractivity contribution in [1.29, 1.82) is 0 Å². The number of carbonyl (C=O) groups excluding carboxylic acids is 2. The molecule has 0 aromatic heterocycles. The normalized spacial score (nSPS) is 17.3. The lowest BCUT2D eigenvalue weighted by Gasteiger charge is -2.11. The maximum atomic E-state index is 11.6. The molecular weight excluding hydrogens is 214 g/mol. The van der Waals surface area contributed by atoms with Gasteiger partial charge < -0.3 is 0 Å². The third-order valence-electron chi connectivity index (χ3n) is 3.17. The first kappa shape index (κ1) is 11.6. The number of hydrogen-bond donors (Lipinski definition) is 1. The molecule has 0 spiro atoms. The smallest absolute Gasteiger partial charge is 0.254 e. The molecule has 1 aliphatic rings. The number of imide groups is 1. The summed E-state index contributed by atoms with van der Waals surface area (Å²) >= 11 is 0. The van der Waals surface area contributed by atoms with Crippen molar-refractivity contribution >= 4 is 11.8 Å². The van der Waals surface area contributed by atoms with E-state index in [1.807, 2.05) is 30.3 Å². The lowest BCUT2D eigenvalue weighted by atomic mass is 9.92. The second-order valence-electron chi connectivity index (χ2n) is 4.40. The quantitative estimate of drug-likeness (QED) is 0.807. The summed E-state index contributed by atoms with van der Waals surface area (Å²) in [6.07, 6.45) is 0.605. The van der Waals surface area contributed by atoms with E-state index in [2.05, 4.69) is 12.2 Å². The van der Waals surface area contributed by atoms with Crippen LogP contribution in [-0.4, -0.2) is 11.8 Å². The van der Waals surface area contributed by atoms with Gasteiger partial charge >= 0.3 is 0 Å². The highest BCUT2D eigenvalue weighted by Crippen LogP contribution is 2.26. The van der Waals surface area contributed by atoms with Gasteiger partial charge in [0.2, 0.25) is 0 Å². The van der Waals surface area contributed by atoms with Crippen LogP contribution in [0.2, 0.25) is 0 Å². The van der Waals surface area contributed by atoms with E-state index in [0.717, 1.165) is 0 Å². The fourth-order valence-corrected chi connectivity index (χ4v) is 2.03. The molecule has 0 bridgehead atoms. The summed E-state index contributed by atoms with van der Waals surface area (Å²) in [4.78, 5) is 22.9. The van der Waals surface area contributed by atoms with Crippen LogP contribution in [0.3, 0.4) is 0 Å². The van der Waals surface area contributed by atoms with Gasteiger partial charge in [0, 0.05) is 11.1 Å². The highest BCUT2D eigenvalue weighted by molar-refractivity contribution is 6.19. The van der Waals surface area contributed by atoms with E-state index in [-0.39, 0.29) is 17.7 Å². The fourth-order valence-electron chi connectivity index (χ4n) is 2.03. The van der Waals surface area contributed by atoms with Gasteiger partial charge in [-0.15, -0.1) is 0 Å². The molecule has 1 heterocycles. The number of carbonyl (C=O) groups is 2. The van der Waals surface area contributed by atoms with Crippen LogP contribution in [0.15, 0.2) is 41.5 Å². The van der Waals surface area contributed by atoms with Gasteiger partial charge in [-0.3, -0.25) is 14.9 Å². The van der Waals surface area contributed by atoms with Gasteiger partial charge in [-0.25, -0.2) is 0 Å². The van der Waals surface area contributed by atoms with E-state index >= 15 is 0 Å². The van der Waals surface area contributed by atoms with E-state index in [1.165, 1.54) is 5.56 Å². The van der Waals surface area contributed by atoms with Gasteiger partial charge in [-0.05, 0) is 24.8 Å². The molecule has 1 aliphatic heterocycles. The van der Waals surface area contributed by atoms with Crippen molar-refractivity contribution in [2.75, 3.05) is 0 Å². The Kier molecular flexibility index (Phi) is 3.09. The third-order valence-corrected chi connectivity index (χ3v) is 3.17. The van der Waals surface area contributed by atoms with Crippen LogP contribution in [-0.2, 0) is 9.59 Å². The molecule has 0 aliphatic carbocycles. The molecule has 0 fully saturated rings. The number of hydrogen-bond acceptors (Lipinski definition) is 2. The van der Waals surface area contributed by atoms with Crippen molar-refractivity contribution in [2.24, 2.45) is 0 Å². The van der Waals surface area contributed by atoms with Gasteiger partial charge in [0.05, 0.1) is 0 Å². The second kappa shape index (κ2) is 4.53. The molecule has 1 aromatic rings. The molecule has 1 atom stereocenters. The molecule has 2 amide bonds. The van der Waals surface area contributed by atoms with Crippen molar-refractivity contribution < 1.29 is 9.59 Å². The maximum Gasteiger partial charge on any atom is 0.254 e. The first-order chi connectivity index (χ1) is 8.09. The lowest BCUT2D eigenvalue weighted by molar-refractivity contribution is -0.124. The highest BCUT2D eigenvalue weighted by Gasteiger charge is 2.27. The molecule has 0 saturated carbocycles. The first-order valence-corrected chi connectivity index (χ1v) is 5.70. The summed E-state index contributed by atoms with van der Waals surface area (Å²) in [5.41, 5.74) is 2.35. The summed E-state index contributed by atoms with van der Waals surface area (Å²) < 4.78 is 0. The lowest BCUT2D eigenvalue weighted by Crippen LogP contribution is -2.23. The van der Waals surface area contributed by atoms with Crippen LogP contribution in [0.1, 0.15) is 31.7 Å². The van der Waals surface area contributed by atoms with Crippen LogP contribution in [0.4, 0.5) is 0 Å². The summed E-state index contributed by atoms with van der Waals surface area (Å²) in [6.45, 7) is 3.76. The van der Waals surface area contributed by atoms with Crippen LogP contribution in [0.5, 0.6) is 0 Å². The molecule has 1 unspecified atom stereocenters. The van der Waals surface area contributed by atoms with Crippen LogP contribution in [0, 0.1) is 0 Å². The molecular formula is C14H15NO2. The van der Waals surface area contributed by atoms with Crippen LogP contribution in [0.25, 0.3) is 0 Å². The van der Waals surface area contributed by atoms with Crippen molar-refractivity contribution in [2.45, 2.75) is 26.2 Å². The standard InChI is InChI=1S/C14H15NO2/c1-9(11-6-4-3-5-7-11)8-12-10(2)13(16)15-14(12)17/h3-7,9H,8H2,1-2H3,(H,15,16,17). The summed E-state index contributed by atoms with van der Waals surface area (Å²) in [5, 5.41) is 2.32. The molecule has 17 heavy (non-hydrogen) atoms. The van der Waals surface area contributed by atoms with Gasteiger partial charge in [-0.2, -0.15) is 0 Å². The average molecular weight is 229 g/mol. The van der Waals surface area contributed by atoms with E-state index in [0.29, 0.717) is 17.6 Å². The zero-order chi connectivity index (χ0) is 12.4. The van der Waals surface area contributed by atoms with E-state index in [1.54, 1.807) is 6.92 Å². The molecule has 3 nitrogen and oxygen atoms in total. The van der Waals surface area contributed by atoms with Gasteiger partial charge in [0.15, 0.2) is 0 Å². The minimum absolute atomic E-state index is 0.234. The fraction of sp³-hybridized carbons (Fsp3) is 0.286. The minimum atomic E-state index is -0.259. The van der Waals surface area contributed by atoms with E-state index in [9.17, 15) is 9.59 Å². The monoisotopic (exact) mass is 229 g/mol. The largest absolute Gasteiger partial charge is 0.289 e. The molecule has 0 saturated heterocycles. The molecule has 2 rings (SSSR count). The average Bonchev–Trinajstić information content (AvgIpc) is 2.57. The Morgan fingerprint density at radius 2 is 1.76 bits per heavy atom. The summed E-state index contributed by atoms with van der Waals surface area (Å²) in [6, 6.07) is 10.00. The molecule has 1 aromatic carbocycles. The predicted molar refractivity (Wildman–Crippen MR) is 65.3 cm³/mol. The molecule has 88 valence electrons. The Morgan fingerprint density at radius 3 is 2.29 bits per heavy atom. The SMILES string of the molecule is CC1=C(CC(C)c2ccccc2)C(=O)NC1=O. The van der Waals surface area contributed by atoms with Gasteiger partial charge in [0.25, 0.3) is 11.8 Å². The summed E-state index contributed by atoms with van der Waals surface area (Å²) in [7, 11) is 0. The Bertz CT molecular complexity index is 488. The van der Waals surface area contributed by atoms with Crippen molar-refractivity contribution in [1.82, 2.24) is 5.32 Å². The Labute approximate surface area is 101 Å². The zero-order valence-electron chi connectivity index (χ0n) is 9.99. The van der Waals surface area contributed by atoms with Crippen LogP contribution >= 0.6 is 0 Å². The maximum absolute atomic E-state index is 11.6. The number of rotatable bonds is 3. The number of nitrogens with one attached hydrogen (secondary N) is 1. The second-order valence-corrected chi connectivity index (χ2v) is 4.40. The molecule has 0 radical (unpaired) electrons. The highest BCUT2D eigenvalue weighted by atomic mass is 16.2. The Hall–Kier alpha value is -1.90. The number of amides is 2. The van der Waals surface area contributed by atoms with Crippen LogP contribution < -0.4 is 5.32 Å². The summed E-state index contributed by atoms with van der Waals surface area (Å²) in [5.74, 6) is -0.265. The molecule has 3 heteroatoms. The van der Waals surface area contributed by atoms with Gasteiger partial charge in [0.1, 0.15) is 0 Å². The van der Waals surface area contributed by atoms with E-state index in [4.69, 9.17) is 0 Å². The van der Waals surface area contributed by atoms with Crippen molar-refractivity contribution in [3.8, 4) is 0 Å². The first-order valence-electron chi connectivity index (χ1n) is 5.70. The molecule has 1 N–H and O–H groups in total. The van der Waals surface area contributed by atoms with Gasteiger partial charge in [-0.1, -0.05) is 37.3 Å².